The highest BCUT2D eigenvalue weighted by atomic mass is 32.1. The molecule has 1 atom stereocenters. The zero-order chi connectivity index (χ0) is 27.5. The molecule has 0 unspecified atom stereocenters. The number of hydrogen-bond acceptors (Lipinski definition) is 7. The lowest BCUT2D eigenvalue weighted by Crippen LogP contribution is -2.40. The summed E-state index contributed by atoms with van der Waals surface area (Å²) in [6.07, 6.45) is 1.74. The summed E-state index contributed by atoms with van der Waals surface area (Å²) in [7, 11) is 3.09. The van der Waals surface area contributed by atoms with Crippen LogP contribution in [0.15, 0.2) is 88.2 Å². The van der Waals surface area contributed by atoms with Gasteiger partial charge >= 0.3 is 5.97 Å². The van der Waals surface area contributed by atoms with Crippen molar-refractivity contribution in [1.29, 1.82) is 0 Å². The predicted octanol–water partition coefficient (Wildman–Crippen LogP) is 4.09. The molecule has 2 heterocycles. The topological polar surface area (TPSA) is 79.1 Å². The zero-order valence-electron chi connectivity index (χ0n) is 21.5. The molecule has 0 bridgehead atoms. The second-order valence-corrected chi connectivity index (χ2v) is 9.61. The summed E-state index contributed by atoms with van der Waals surface area (Å²) >= 11 is 1.20. The van der Waals surface area contributed by atoms with E-state index in [1.807, 2.05) is 36.4 Å². The summed E-state index contributed by atoms with van der Waals surface area (Å²) in [6.45, 7) is 1.86. The quantitative estimate of drug-likeness (QED) is 0.328. The van der Waals surface area contributed by atoms with Gasteiger partial charge in [-0.05, 0) is 48.4 Å². The number of halogens is 1. The van der Waals surface area contributed by atoms with Crippen molar-refractivity contribution in [3.05, 3.63) is 121 Å². The molecule has 0 N–H and O–H groups in total. The summed E-state index contributed by atoms with van der Waals surface area (Å²) in [4.78, 5) is 32.5. The number of carbonyl (C=O) groups excluding carboxylic acids is 1. The molecule has 0 fully saturated rings. The van der Waals surface area contributed by atoms with Crippen molar-refractivity contribution >= 4 is 29.1 Å². The number of benzene rings is 3. The van der Waals surface area contributed by atoms with Crippen LogP contribution in [0.3, 0.4) is 0 Å². The molecule has 0 spiro atoms. The Balaban J connectivity index is 1.79. The first kappa shape index (κ1) is 26.1. The number of hydrogen-bond donors (Lipinski definition) is 0. The van der Waals surface area contributed by atoms with E-state index in [-0.39, 0.29) is 17.7 Å². The van der Waals surface area contributed by atoms with Gasteiger partial charge in [-0.2, -0.15) is 0 Å². The molecule has 0 radical (unpaired) electrons. The highest BCUT2D eigenvalue weighted by molar-refractivity contribution is 7.07. The van der Waals surface area contributed by atoms with Crippen molar-refractivity contribution in [1.82, 2.24) is 4.57 Å². The van der Waals surface area contributed by atoms with Crippen molar-refractivity contribution in [2.24, 2.45) is 4.99 Å². The zero-order valence-corrected chi connectivity index (χ0v) is 22.3. The molecule has 4 aromatic rings. The summed E-state index contributed by atoms with van der Waals surface area (Å²) in [5.74, 6) is 0.0753. The Labute approximate surface area is 227 Å². The van der Waals surface area contributed by atoms with Crippen molar-refractivity contribution in [3.8, 4) is 11.5 Å². The lowest BCUT2D eigenvalue weighted by molar-refractivity contribution is -0.138. The van der Waals surface area contributed by atoms with E-state index in [4.69, 9.17) is 19.2 Å². The van der Waals surface area contributed by atoms with Gasteiger partial charge in [0.25, 0.3) is 5.56 Å². The van der Waals surface area contributed by atoms with Gasteiger partial charge in [0.15, 0.2) is 16.3 Å². The standard InChI is InChI=1S/C30H25FN2O5S/c1-4-38-29(35)25-26(19-8-6-5-7-9-19)32-30-33(27(25)20-11-13-21(31)14-12-20)28(34)24(39-30)17-18-10-15-22(36-2)23(16-18)37-3/h5-17,27H,4H2,1-3H3/b24-17-/t27-/m1/s1. The molecule has 9 heteroatoms. The average molecular weight is 545 g/mol. The molecular weight excluding hydrogens is 519 g/mol. The Bertz CT molecular complexity index is 1740. The van der Waals surface area contributed by atoms with Crippen LogP contribution < -0.4 is 24.4 Å². The molecule has 0 amide bonds. The fourth-order valence-electron chi connectivity index (χ4n) is 4.49. The van der Waals surface area contributed by atoms with Gasteiger partial charge in [0.05, 0.1) is 42.7 Å². The molecule has 0 saturated heterocycles. The third kappa shape index (κ3) is 5.00. The van der Waals surface area contributed by atoms with Gasteiger partial charge in [0.2, 0.25) is 0 Å². The Morgan fingerprint density at radius 3 is 2.41 bits per heavy atom. The third-order valence-corrected chi connectivity index (χ3v) is 7.25. The molecule has 198 valence electrons. The minimum atomic E-state index is -0.872. The normalized spacial score (nSPS) is 15.0. The summed E-state index contributed by atoms with van der Waals surface area (Å²) in [5, 5.41) is 0. The molecule has 1 aliphatic rings. The SMILES string of the molecule is CCOC(=O)C1=C(c2ccccc2)N=c2s/c(=C\c3ccc(OC)c(OC)c3)c(=O)n2[C@@H]1c1ccc(F)cc1. The van der Waals surface area contributed by atoms with Crippen molar-refractivity contribution in [2.45, 2.75) is 13.0 Å². The second kappa shape index (κ2) is 11.1. The molecule has 5 rings (SSSR count). The lowest BCUT2D eigenvalue weighted by Gasteiger charge is -2.25. The molecule has 0 saturated carbocycles. The summed E-state index contributed by atoms with van der Waals surface area (Å²) < 4.78 is 31.9. The van der Waals surface area contributed by atoms with Gasteiger partial charge in [0, 0.05) is 5.56 Å². The van der Waals surface area contributed by atoms with E-state index < -0.39 is 17.8 Å². The number of nitrogens with zero attached hydrogens (tertiary/aromatic N) is 2. The average Bonchev–Trinajstić information content (AvgIpc) is 3.27. The van der Waals surface area contributed by atoms with E-state index in [0.717, 1.165) is 5.56 Å². The van der Waals surface area contributed by atoms with Crippen molar-refractivity contribution in [3.63, 3.8) is 0 Å². The lowest BCUT2D eigenvalue weighted by atomic mass is 9.93. The monoisotopic (exact) mass is 544 g/mol. The Hall–Kier alpha value is -4.50. The van der Waals surface area contributed by atoms with Crippen LogP contribution in [0.5, 0.6) is 11.5 Å². The first-order valence-electron chi connectivity index (χ1n) is 12.2. The van der Waals surface area contributed by atoms with Crippen LogP contribution in [-0.2, 0) is 9.53 Å². The first-order chi connectivity index (χ1) is 18.9. The Kier molecular flexibility index (Phi) is 7.42. The summed E-state index contributed by atoms with van der Waals surface area (Å²) in [5.41, 5.74) is 2.26. The van der Waals surface area contributed by atoms with Crippen LogP contribution >= 0.6 is 11.3 Å². The van der Waals surface area contributed by atoms with Crippen molar-refractivity contribution < 1.29 is 23.4 Å². The van der Waals surface area contributed by atoms with Gasteiger partial charge < -0.3 is 14.2 Å². The van der Waals surface area contributed by atoms with Crippen molar-refractivity contribution in [2.75, 3.05) is 20.8 Å². The smallest absolute Gasteiger partial charge is 0.338 e. The number of ether oxygens (including phenoxy) is 3. The Morgan fingerprint density at radius 1 is 1.03 bits per heavy atom. The van der Waals surface area contributed by atoms with Crippen LogP contribution in [-0.4, -0.2) is 31.4 Å². The van der Waals surface area contributed by atoms with E-state index >= 15 is 0 Å². The molecule has 0 aliphatic carbocycles. The van der Waals surface area contributed by atoms with Gasteiger partial charge in [-0.15, -0.1) is 0 Å². The van der Waals surface area contributed by atoms with Crippen LogP contribution in [0.4, 0.5) is 4.39 Å². The maximum Gasteiger partial charge on any atom is 0.338 e. The molecule has 39 heavy (non-hydrogen) atoms. The van der Waals surface area contributed by atoms with E-state index in [2.05, 4.69) is 0 Å². The highest BCUT2D eigenvalue weighted by Crippen LogP contribution is 2.35. The maximum absolute atomic E-state index is 13.9. The molecule has 1 aliphatic heterocycles. The number of rotatable bonds is 7. The number of carbonyl (C=O) groups is 1. The number of fused-ring (bicyclic) bond motifs is 1. The molecule has 3 aromatic carbocycles. The Morgan fingerprint density at radius 2 is 1.74 bits per heavy atom. The van der Waals surface area contributed by atoms with Gasteiger partial charge in [0.1, 0.15) is 5.82 Å². The van der Waals surface area contributed by atoms with Gasteiger partial charge in [-0.1, -0.05) is 59.9 Å². The molecule has 1 aromatic heterocycles. The fourth-order valence-corrected chi connectivity index (χ4v) is 5.50. The largest absolute Gasteiger partial charge is 0.493 e. The minimum Gasteiger partial charge on any atom is -0.493 e. The van der Waals surface area contributed by atoms with Crippen LogP contribution in [0.1, 0.15) is 29.7 Å². The van der Waals surface area contributed by atoms with E-state index in [1.54, 1.807) is 51.5 Å². The van der Waals surface area contributed by atoms with Gasteiger partial charge in [-0.25, -0.2) is 14.2 Å². The van der Waals surface area contributed by atoms with Gasteiger partial charge in [-0.3, -0.25) is 9.36 Å². The molecule has 7 nitrogen and oxygen atoms in total. The van der Waals surface area contributed by atoms with E-state index in [1.165, 1.54) is 28.0 Å². The van der Waals surface area contributed by atoms with Crippen LogP contribution in [0.2, 0.25) is 0 Å². The van der Waals surface area contributed by atoms with Crippen LogP contribution in [0.25, 0.3) is 11.8 Å². The third-order valence-electron chi connectivity index (χ3n) is 6.26. The molecular formula is C30H25FN2O5S. The number of aromatic nitrogens is 1. The number of methoxy groups -OCH3 is 2. The highest BCUT2D eigenvalue weighted by Gasteiger charge is 2.35. The van der Waals surface area contributed by atoms with E-state index in [9.17, 15) is 14.0 Å². The number of esters is 1. The van der Waals surface area contributed by atoms with Crippen LogP contribution in [0, 0.1) is 5.82 Å². The van der Waals surface area contributed by atoms with E-state index in [0.29, 0.717) is 37.7 Å². The first-order valence-corrected chi connectivity index (χ1v) is 13.0. The fraction of sp³-hybridized carbons (Fsp3) is 0.167. The maximum atomic E-state index is 13.9. The predicted molar refractivity (Wildman–Crippen MR) is 147 cm³/mol. The second-order valence-electron chi connectivity index (χ2n) is 8.60. The summed E-state index contributed by atoms with van der Waals surface area (Å²) in [6, 6.07) is 19.5. The minimum absolute atomic E-state index is 0.143. The number of thiazole rings is 1.